The molecule has 0 fully saturated rings. The molecule has 0 aliphatic carbocycles. The Morgan fingerprint density at radius 1 is 1.25 bits per heavy atom. The Morgan fingerprint density at radius 3 is 2.83 bits per heavy atom. The molecule has 3 rings (SSSR count). The SMILES string of the molecule is CCc1ccccc1NC(=O)CSc1nc2nc(C)cc(C)n2n1. The molecule has 0 spiro atoms. The summed E-state index contributed by atoms with van der Waals surface area (Å²) in [5, 5.41) is 7.89. The van der Waals surface area contributed by atoms with Crippen LogP contribution in [0.2, 0.25) is 0 Å². The highest BCUT2D eigenvalue weighted by molar-refractivity contribution is 7.99. The van der Waals surface area contributed by atoms with Crippen molar-refractivity contribution in [3.63, 3.8) is 0 Å². The van der Waals surface area contributed by atoms with Crippen LogP contribution < -0.4 is 5.32 Å². The lowest BCUT2D eigenvalue weighted by atomic mass is 10.1. The van der Waals surface area contributed by atoms with Crippen LogP contribution in [0, 0.1) is 13.8 Å². The van der Waals surface area contributed by atoms with Crippen LogP contribution in [0.1, 0.15) is 23.9 Å². The number of para-hydroxylation sites is 1. The van der Waals surface area contributed by atoms with Crippen LogP contribution in [0.5, 0.6) is 0 Å². The van der Waals surface area contributed by atoms with Crippen molar-refractivity contribution in [1.82, 2.24) is 19.6 Å². The Morgan fingerprint density at radius 2 is 2.04 bits per heavy atom. The molecular formula is C17H19N5OS. The predicted molar refractivity (Wildman–Crippen MR) is 95.4 cm³/mol. The number of amides is 1. The van der Waals surface area contributed by atoms with Crippen molar-refractivity contribution in [3.8, 4) is 0 Å². The molecule has 3 aromatic rings. The quantitative estimate of drug-likeness (QED) is 0.722. The normalized spacial score (nSPS) is 11.0. The smallest absolute Gasteiger partial charge is 0.253 e. The predicted octanol–water partition coefficient (Wildman–Crippen LogP) is 3.03. The molecule has 0 unspecified atom stereocenters. The van der Waals surface area contributed by atoms with Crippen molar-refractivity contribution in [2.24, 2.45) is 0 Å². The van der Waals surface area contributed by atoms with Gasteiger partial charge in [-0.25, -0.2) is 9.50 Å². The highest BCUT2D eigenvalue weighted by atomic mass is 32.2. The van der Waals surface area contributed by atoms with Gasteiger partial charge in [-0.05, 0) is 38.0 Å². The van der Waals surface area contributed by atoms with E-state index in [1.165, 1.54) is 11.8 Å². The number of hydrogen-bond acceptors (Lipinski definition) is 5. The van der Waals surface area contributed by atoms with Crippen molar-refractivity contribution in [3.05, 3.63) is 47.3 Å². The van der Waals surface area contributed by atoms with E-state index in [1.807, 2.05) is 44.2 Å². The average molecular weight is 341 g/mol. The number of aromatic nitrogens is 4. The van der Waals surface area contributed by atoms with Gasteiger partial charge in [0.15, 0.2) is 0 Å². The molecular weight excluding hydrogens is 322 g/mol. The number of benzene rings is 1. The van der Waals surface area contributed by atoms with E-state index in [0.29, 0.717) is 10.9 Å². The molecule has 2 heterocycles. The Kier molecular flexibility index (Phi) is 4.80. The van der Waals surface area contributed by atoms with Gasteiger partial charge in [0.2, 0.25) is 11.1 Å². The van der Waals surface area contributed by atoms with Crippen molar-refractivity contribution in [1.29, 1.82) is 0 Å². The van der Waals surface area contributed by atoms with Crippen LogP contribution in [-0.2, 0) is 11.2 Å². The van der Waals surface area contributed by atoms with E-state index in [0.717, 1.165) is 29.1 Å². The number of nitrogens with one attached hydrogen (secondary N) is 1. The van der Waals surface area contributed by atoms with E-state index in [2.05, 4.69) is 27.3 Å². The van der Waals surface area contributed by atoms with Crippen LogP contribution in [0.25, 0.3) is 5.78 Å². The van der Waals surface area contributed by atoms with Crippen molar-refractivity contribution >= 4 is 29.1 Å². The summed E-state index contributed by atoms with van der Waals surface area (Å²) in [6, 6.07) is 9.78. The van der Waals surface area contributed by atoms with Gasteiger partial charge in [-0.15, -0.1) is 5.10 Å². The number of carbonyl (C=O) groups is 1. The average Bonchev–Trinajstić information content (AvgIpc) is 2.97. The van der Waals surface area contributed by atoms with E-state index < -0.39 is 0 Å². The first-order valence-electron chi connectivity index (χ1n) is 7.78. The number of aryl methyl sites for hydroxylation is 3. The topological polar surface area (TPSA) is 72.2 Å². The van der Waals surface area contributed by atoms with Gasteiger partial charge in [-0.3, -0.25) is 4.79 Å². The lowest BCUT2D eigenvalue weighted by molar-refractivity contribution is -0.113. The minimum absolute atomic E-state index is 0.0689. The van der Waals surface area contributed by atoms with E-state index >= 15 is 0 Å². The number of anilines is 1. The summed E-state index contributed by atoms with van der Waals surface area (Å²) in [4.78, 5) is 20.9. The molecule has 0 bridgehead atoms. The summed E-state index contributed by atoms with van der Waals surface area (Å²) in [5.74, 6) is 0.750. The summed E-state index contributed by atoms with van der Waals surface area (Å²) in [6.07, 6.45) is 0.877. The molecule has 1 amide bonds. The third-order valence-electron chi connectivity index (χ3n) is 3.60. The van der Waals surface area contributed by atoms with E-state index in [4.69, 9.17) is 0 Å². The molecule has 2 aromatic heterocycles. The van der Waals surface area contributed by atoms with E-state index in [1.54, 1.807) is 4.52 Å². The second-order valence-corrected chi connectivity index (χ2v) is 6.44. The number of rotatable bonds is 5. The van der Waals surface area contributed by atoms with E-state index in [-0.39, 0.29) is 11.7 Å². The largest absolute Gasteiger partial charge is 0.325 e. The number of hydrogen-bond donors (Lipinski definition) is 1. The summed E-state index contributed by atoms with van der Waals surface area (Å²) >= 11 is 1.31. The zero-order valence-electron chi connectivity index (χ0n) is 13.9. The zero-order valence-corrected chi connectivity index (χ0v) is 14.7. The molecule has 1 aromatic carbocycles. The molecule has 0 saturated carbocycles. The monoisotopic (exact) mass is 341 g/mol. The molecule has 1 N–H and O–H groups in total. The standard InChI is InChI=1S/C17H19N5OS/c1-4-13-7-5-6-8-14(13)19-15(23)10-24-17-20-16-18-11(2)9-12(3)22(16)21-17/h5-9H,4,10H2,1-3H3,(H,19,23). The lowest BCUT2D eigenvalue weighted by Crippen LogP contribution is -2.15. The first-order valence-corrected chi connectivity index (χ1v) is 8.77. The van der Waals surface area contributed by atoms with Crippen LogP contribution in [-0.4, -0.2) is 31.2 Å². The van der Waals surface area contributed by atoms with Gasteiger partial charge in [-0.1, -0.05) is 36.9 Å². The minimum atomic E-state index is -0.0689. The fraction of sp³-hybridized carbons (Fsp3) is 0.294. The maximum absolute atomic E-state index is 12.2. The fourth-order valence-electron chi connectivity index (χ4n) is 2.48. The highest BCUT2D eigenvalue weighted by Crippen LogP contribution is 2.18. The van der Waals surface area contributed by atoms with Crippen LogP contribution in [0.4, 0.5) is 5.69 Å². The van der Waals surface area contributed by atoms with E-state index in [9.17, 15) is 4.79 Å². The Hall–Kier alpha value is -2.41. The first kappa shape index (κ1) is 16.4. The van der Waals surface area contributed by atoms with Crippen molar-refractivity contribution in [2.45, 2.75) is 32.3 Å². The van der Waals surface area contributed by atoms with Gasteiger partial charge in [0, 0.05) is 17.1 Å². The first-order chi connectivity index (χ1) is 11.6. The number of carbonyl (C=O) groups excluding carboxylic acids is 1. The van der Waals surface area contributed by atoms with Gasteiger partial charge < -0.3 is 5.32 Å². The molecule has 0 aliphatic heterocycles. The Balaban J connectivity index is 1.67. The molecule has 7 heteroatoms. The van der Waals surface area contributed by atoms with Gasteiger partial charge >= 0.3 is 0 Å². The summed E-state index contributed by atoms with van der Waals surface area (Å²) in [5.41, 5.74) is 3.86. The fourth-order valence-corrected chi connectivity index (χ4v) is 3.09. The second-order valence-electron chi connectivity index (χ2n) is 5.49. The molecule has 0 atom stereocenters. The Labute approximate surface area is 144 Å². The zero-order chi connectivity index (χ0) is 17.1. The number of thioether (sulfide) groups is 1. The number of nitrogens with zero attached hydrogens (tertiary/aromatic N) is 4. The highest BCUT2D eigenvalue weighted by Gasteiger charge is 2.11. The third-order valence-corrected chi connectivity index (χ3v) is 4.44. The van der Waals surface area contributed by atoms with Gasteiger partial charge in [0.25, 0.3) is 5.78 Å². The minimum Gasteiger partial charge on any atom is -0.325 e. The van der Waals surface area contributed by atoms with Crippen molar-refractivity contribution < 1.29 is 4.79 Å². The van der Waals surface area contributed by atoms with Crippen LogP contribution in [0.15, 0.2) is 35.5 Å². The maximum Gasteiger partial charge on any atom is 0.253 e. The van der Waals surface area contributed by atoms with Gasteiger partial charge in [0.05, 0.1) is 5.75 Å². The molecule has 6 nitrogen and oxygen atoms in total. The molecule has 24 heavy (non-hydrogen) atoms. The third kappa shape index (κ3) is 3.56. The summed E-state index contributed by atoms with van der Waals surface area (Å²) in [6.45, 7) is 5.95. The summed E-state index contributed by atoms with van der Waals surface area (Å²) in [7, 11) is 0. The van der Waals surface area contributed by atoms with Gasteiger partial charge in [-0.2, -0.15) is 4.98 Å². The Bertz CT molecular complexity index is 890. The molecule has 0 aliphatic rings. The molecule has 124 valence electrons. The lowest BCUT2D eigenvalue weighted by Gasteiger charge is -2.08. The molecule has 0 saturated heterocycles. The second kappa shape index (κ2) is 7.00. The van der Waals surface area contributed by atoms with Crippen LogP contribution >= 0.6 is 11.8 Å². The summed E-state index contributed by atoms with van der Waals surface area (Å²) < 4.78 is 1.69. The maximum atomic E-state index is 12.2. The van der Waals surface area contributed by atoms with Crippen molar-refractivity contribution in [2.75, 3.05) is 11.1 Å². The number of fused-ring (bicyclic) bond motifs is 1. The van der Waals surface area contributed by atoms with Crippen LogP contribution in [0.3, 0.4) is 0 Å². The molecule has 0 radical (unpaired) electrons. The van der Waals surface area contributed by atoms with Gasteiger partial charge in [0.1, 0.15) is 0 Å².